The van der Waals surface area contributed by atoms with Gasteiger partial charge in [-0.05, 0) is 30.7 Å². The second-order valence-corrected chi connectivity index (χ2v) is 5.66. The molecule has 1 aromatic rings. The lowest BCUT2D eigenvalue weighted by Gasteiger charge is -2.30. The zero-order valence-corrected chi connectivity index (χ0v) is 12.2. The van der Waals surface area contributed by atoms with Gasteiger partial charge in [0.15, 0.2) is 0 Å². The molecule has 0 heterocycles. The number of amides is 1. The fourth-order valence-electron chi connectivity index (χ4n) is 1.79. The molecule has 19 heavy (non-hydrogen) atoms. The van der Waals surface area contributed by atoms with Gasteiger partial charge >= 0.3 is 0 Å². The summed E-state index contributed by atoms with van der Waals surface area (Å²) in [4.78, 5) is 13.7. The molecule has 0 bridgehead atoms. The van der Waals surface area contributed by atoms with Crippen LogP contribution >= 0.6 is 11.6 Å². The first-order valence-corrected chi connectivity index (χ1v) is 6.44. The van der Waals surface area contributed by atoms with Crippen molar-refractivity contribution in [2.75, 3.05) is 26.8 Å². The highest BCUT2D eigenvalue weighted by atomic mass is 35.5. The monoisotopic (exact) mass is 285 g/mol. The van der Waals surface area contributed by atoms with Gasteiger partial charge in [0, 0.05) is 29.6 Å². The van der Waals surface area contributed by atoms with Crippen LogP contribution < -0.4 is 0 Å². The van der Waals surface area contributed by atoms with Crippen LogP contribution in [0.1, 0.15) is 22.8 Å². The van der Waals surface area contributed by atoms with Crippen LogP contribution in [0.15, 0.2) is 18.2 Å². The molecule has 0 atom stereocenters. The van der Waals surface area contributed by atoms with E-state index >= 15 is 0 Å². The minimum Gasteiger partial charge on any atom is -0.396 e. The lowest BCUT2D eigenvalue weighted by molar-refractivity contribution is 0.0366. The third-order valence-electron chi connectivity index (χ3n) is 3.13. The van der Waals surface area contributed by atoms with Gasteiger partial charge in [-0.2, -0.15) is 0 Å². The van der Waals surface area contributed by atoms with Crippen molar-refractivity contribution in [3.05, 3.63) is 34.3 Å². The fraction of sp³-hybridized carbons (Fsp3) is 0.500. The smallest absolute Gasteiger partial charge is 0.253 e. The summed E-state index contributed by atoms with van der Waals surface area (Å²) >= 11 is 5.93. The molecule has 0 aliphatic heterocycles. The molecule has 4 nitrogen and oxygen atoms in total. The molecule has 0 spiro atoms. The molecule has 0 radical (unpaired) electrons. The second kappa shape index (κ2) is 6.37. The number of hydrogen-bond acceptors (Lipinski definition) is 3. The first-order chi connectivity index (χ1) is 8.83. The van der Waals surface area contributed by atoms with Crippen molar-refractivity contribution in [3.63, 3.8) is 0 Å². The van der Waals surface area contributed by atoms with Crippen LogP contribution in [0, 0.1) is 12.3 Å². The van der Waals surface area contributed by atoms with Crippen molar-refractivity contribution in [1.82, 2.24) is 4.90 Å². The maximum absolute atomic E-state index is 12.2. The lowest BCUT2D eigenvalue weighted by Crippen LogP contribution is -2.41. The number of aliphatic hydroxyl groups excluding tert-OH is 2. The van der Waals surface area contributed by atoms with Gasteiger partial charge in [-0.3, -0.25) is 4.79 Å². The molecular formula is C14H20ClNO3. The van der Waals surface area contributed by atoms with Gasteiger partial charge < -0.3 is 15.1 Å². The number of rotatable bonds is 5. The van der Waals surface area contributed by atoms with Crippen LogP contribution in [-0.4, -0.2) is 47.8 Å². The Morgan fingerprint density at radius 2 is 1.95 bits per heavy atom. The molecule has 2 N–H and O–H groups in total. The molecular weight excluding hydrogens is 266 g/mol. The highest BCUT2D eigenvalue weighted by Crippen LogP contribution is 2.20. The topological polar surface area (TPSA) is 60.8 Å². The number of hydrogen-bond donors (Lipinski definition) is 2. The number of nitrogens with zero attached hydrogens (tertiary/aromatic N) is 1. The maximum atomic E-state index is 12.2. The Hall–Kier alpha value is -1.10. The minimum absolute atomic E-state index is 0.159. The highest BCUT2D eigenvalue weighted by molar-refractivity contribution is 6.31. The first kappa shape index (κ1) is 16.0. The second-order valence-electron chi connectivity index (χ2n) is 5.25. The number of aliphatic hydroxyl groups is 2. The normalized spacial score (nSPS) is 11.5. The molecule has 0 aliphatic carbocycles. The Morgan fingerprint density at radius 3 is 2.42 bits per heavy atom. The third-order valence-corrected chi connectivity index (χ3v) is 3.56. The molecule has 0 aliphatic rings. The quantitative estimate of drug-likeness (QED) is 0.866. The molecule has 0 fully saturated rings. The Morgan fingerprint density at radius 1 is 1.37 bits per heavy atom. The van der Waals surface area contributed by atoms with Crippen molar-refractivity contribution in [3.8, 4) is 0 Å². The van der Waals surface area contributed by atoms with Gasteiger partial charge in [-0.1, -0.05) is 18.5 Å². The van der Waals surface area contributed by atoms with Crippen LogP contribution in [0.3, 0.4) is 0 Å². The summed E-state index contributed by atoms with van der Waals surface area (Å²) in [6, 6.07) is 5.09. The molecule has 1 aromatic carbocycles. The van der Waals surface area contributed by atoms with E-state index in [1.807, 2.05) is 6.92 Å². The Labute approximate surface area is 118 Å². The van der Waals surface area contributed by atoms with E-state index in [0.717, 1.165) is 5.56 Å². The van der Waals surface area contributed by atoms with E-state index in [9.17, 15) is 15.0 Å². The van der Waals surface area contributed by atoms with Crippen molar-refractivity contribution in [2.45, 2.75) is 13.8 Å². The van der Waals surface area contributed by atoms with Crippen LogP contribution in [0.4, 0.5) is 0 Å². The first-order valence-electron chi connectivity index (χ1n) is 6.06. The maximum Gasteiger partial charge on any atom is 0.253 e. The largest absolute Gasteiger partial charge is 0.396 e. The van der Waals surface area contributed by atoms with Gasteiger partial charge in [0.05, 0.1) is 13.2 Å². The van der Waals surface area contributed by atoms with E-state index in [-0.39, 0.29) is 25.7 Å². The summed E-state index contributed by atoms with van der Waals surface area (Å²) < 4.78 is 0. The molecule has 5 heteroatoms. The van der Waals surface area contributed by atoms with E-state index in [1.54, 1.807) is 32.2 Å². The molecule has 1 rings (SSSR count). The lowest BCUT2D eigenvalue weighted by atomic mass is 9.92. The standard InChI is InChI=1S/C14H20ClNO3/c1-10-6-11(4-5-12(10)15)13(19)16(3)7-14(2,8-17)9-18/h4-6,17-18H,7-9H2,1-3H3. The highest BCUT2D eigenvalue weighted by Gasteiger charge is 2.26. The van der Waals surface area contributed by atoms with Gasteiger partial charge in [0.2, 0.25) is 0 Å². The Kier molecular flexibility index (Phi) is 5.35. The van der Waals surface area contributed by atoms with Crippen LogP contribution in [0.5, 0.6) is 0 Å². The summed E-state index contributed by atoms with van der Waals surface area (Å²) in [7, 11) is 1.65. The van der Waals surface area contributed by atoms with Crippen LogP contribution in [0.2, 0.25) is 5.02 Å². The average Bonchev–Trinajstić information content (AvgIpc) is 2.40. The molecule has 106 valence electrons. The summed E-state index contributed by atoms with van der Waals surface area (Å²) in [5.74, 6) is -0.159. The van der Waals surface area contributed by atoms with E-state index in [2.05, 4.69) is 0 Å². The number of carbonyl (C=O) groups excluding carboxylic acids is 1. The SMILES string of the molecule is Cc1cc(C(=O)N(C)CC(C)(CO)CO)ccc1Cl. The minimum atomic E-state index is -0.702. The van der Waals surface area contributed by atoms with Crippen molar-refractivity contribution < 1.29 is 15.0 Å². The predicted molar refractivity (Wildman–Crippen MR) is 75.4 cm³/mol. The molecule has 0 unspecified atom stereocenters. The fourth-order valence-corrected chi connectivity index (χ4v) is 1.91. The van der Waals surface area contributed by atoms with E-state index in [4.69, 9.17) is 11.6 Å². The Balaban J connectivity index is 2.85. The van der Waals surface area contributed by atoms with E-state index in [1.165, 1.54) is 4.90 Å². The summed E-state index contributed by atoms with van der Waals surface area (Å²) in [6.45, 7) is 3.48. The number of halogens is 1. The summed E-state index contributed by atoms with van der Waals surface area (Å²) in [5, 5.41) is 19.1. The Bertz CT molecular complexity index is 458. The van der Waals surface area contributed by atoms with Crippen LogP contribution in [-0.2, 0) is 0 Å². The van der Waals surface area contributed by atoms with Crippen molar-refractivity contribution in [2.24, 2.45) is 5.41 Å². The van der Waals surface area contributed by atoms with E-state index in [0.29, 0.717) is 10.6 Å². The van der Waals surface area contributed by atoms with Gasteiger partial charge in [-0.15, -0.1) is 0 Å². The molecule has 0 saturated carbocycles. The van der Waals surface area contributed by atoms with Crippen molar-refractivity contribution in [1.29, 1.82) is 0 Å². The summed E-state index contributed by atoms with van der Waals surface area (Å²) in [6.07, 6.45) is 0. The van der Waals surface area contributed by atoms with E-state index < -0.39 is 5.41 Å². The number of aryl methyl sites for hydroxylation is 1. The average molecular weight is 286 g/mol. The molecule has 0 aromatic heterocycles. The van der Waals surface area contributed by atoms with Gasteiger partial charge in [-0.25, -0.2) is 0 Å². The zero-order chi connectivity index (χ0) is 14.6. The van der Waals surface area contributed by atoms with Gasteiger partial charge in [0.1, 0.15) is 0 Å². The van der Waals surface area contributed by atoms with Gasteiger partial charge in [0.25, 0.3) is 5.91 Å². The summed E-state index contributed by atoms with van der Waals surface area (Å²) in [5.41, 5.74) is 0.682. The zero-order valence-electron chi connectivity index (χ0n) is 11.5. The van der Waals surface area contributed by atoms with Crippen LogP contribution in [0.25, 0.3) is 0 Å². The third kappa shape index (κ3) is 3.93. The number of carbonyl (C=O) groups is 1. The predicted octanol–water partition coefficient (Wildman–Crippen LogP) is 1.71. The number of benzene rings is 1. The van der Waals surface area contributed by atoms with Crippen molar-refractivity contribution >= 4 is 17.5 Å². The molecule has 1 amide bonds. The molecule has 0 saturated heterocycles.